The Hall–Kier alpha value is -2.59. The minimum absolute atomic E-state index is 0. The van der Waals surface area contributed by atoms with E-state index in [1.807, 2.05) is 83.1 Å². The number of carbonyl (C=O) groups is 2. The second kappa shape index (κ2) is 15.8. The molecule has 0 amide bonds. The van der Waals surface area contributed by atoms with Crippen molar-refractivity contribution in [2.24, 2.45) is 0 Å². The molecule has 3 saturated heterocycles. The van der Waals surface area contributed by atoms with Gasteiger partial charge in [-0.1, -0.05) is 29.4 Å². The molecule has 12 nitrogen and oxygen atoms in total. The molecule has 3 heterocycles. The summed E-state index contributed by atoms with van der Waals surface area (Å²) in [4.78, 5) is 22.5. The summed E-state index contributed by atoms with van der Waals surface area (Å²) < 4.78 is 45.8. The topological polar surface area (TPSA) is 160 Å². The normalized spacial score (nSPS) is 21.4. The minimum atomic E-state index is -0.492. The van der Waals surface area contributed by atoms with E-state index in [1.54, 1.807) is 36.4 Å². The van der Waals surface area contributed by atoms with Crippen molar-refractivity contribution in [2.45, 2.75) is 124 Å². The average molecular weight is 777 g/mol. The first kappa shape index (κ1) is 44.6. The highest BCUT2D eigenvalue weighted by Gasteiger charge is 2.63. The summed E-state index contributed by atoms with van der Waals surface area (Å²) in [6.07, 6.45) is 0. The average Bonchev–Trinajstić information content (AvgIpc) is 3.46. The van der Waals surface area contributed by atoms with Gasteiger partial charge in [0.15, 0.2) is 0 Å². The second-order valence-electron chi connectivity index (χ2n) is 15.4. The summed E-state index contributed by atoms with van der Waals surface area (Å²) in [5.41, 5.74) is 11.5. The SMILES string of the molecule is C.CC1(C)OB(B2OC(C)(C)C(C)(C)O2)OC1(C)C.COC(=O)c1ccc(B2OC(C)(C)C(C)(C)O2)cc1N.COC(=O)c1ccc(Br)cc1N. The largest absolute Gasteiger partial charge is 0.494 e. The van der Waals surface area contributed by atoms with Gasteiger partial charge in [0.25, 0.3) is 0 Å². The molecular formula is C35H56B3BrN2O10. The molecule has 0 spiro atoms. The third-order valence-electron chi connectivity index (χ3n) is 10.2. The van der Waals surface area contributed by atoms with Crippen molar-refractivity contribution in [3.63, 3.8) is 0 Å². The van der Waals surface area contributed by atoms with Crippen LogP contribution in [0.25, 0.3) is 0 Å². The number of hydrogen-bond donors (Lipinski definition) is 2. The Morgan fingerprint density at radius 2 is 0.882 bits per heavy atom. The number of methoxy groups -OCH3 is 2. The van der Waals surface area contributed by atoms with Crippen LogP contribution in [-0.4, -0.2) is 80.9 Å². The molecule has 282 valence electrons. The maximum atomic E-state index is 11.5. The highest BCUT2D eigenvalue weighted by molar-refractivity contribution is 9.10. The van der Waals surface area contributed by atoms with Crippen molar-refractivity contribution in [3.8, 4) is 0 Å². The second-order valence-corrected chi connectivity index (χ2v) is 16.3. The molecule has 2 aromatic carbocycles. The smallest absolute Gasteiger partial charge is 0.465 e. The van der Waals surface area contributed by atoms with Gasteiger partial charge in [0, 0.05) is 15.8 Å². The Morgan fingerprint density at radius 3 is 1.20 bits per heavy atom. The molecule has 0 saturated carbocycles. The highest BCUT2D eigenvalue weighted by Crippen LogP contribution is 2.43. The number of benzene rings is 2. The van der Waals surface area contributed by atoms with Crippen molar-refractivity contribution in [1.82, 2.24) is 0 Å². The maximum absolute atomic E-state index is 11.5. The Morgan fingerprint density at radius 1 is 0.569 bits per heavy atom. The van der Waals surface area contributed by atoms with Crippen molar-refractivity contribution in [1.29, 1.82) is 0 Å². The lowest BCUT2D eigenvalue weighted by molar-refractivity contribution is 0.00578. The summed E-state index contributed by atoms with van der Waals surface area (Å²) in [7, 11) is 1.20. The minimum Gasteiger partial charge on any atom is -0.465 e. The standard InChI is InChI=1S/C14H20BNO4.C12H24B2O4.C8H8BrNO2.CH4/c1-13(2)14(3,4)20-15(19-13)9-6-7-10(11(16)8-9)12(17)18-5;1-9(2)10(3,4)16-13(15-9)14-17-11(5,6)12(7,8)18-14;1-12-8(11)6-3-2-5(9)4-7(6)10;/h6-8H,16H2,1-5H3;1-8H3;2-4H,10H2,1H3;1H4. The first-order valence-corrected chi connectivity index (χ1v) is 17.2. The fourth-order valence-electron chi connectivity index (χ4n) is 4.83. The van der Waals surface area contributed by atoms with Gasteiger partial charge in [0.1, 0.15) is 0 Å². The van der Waals surface area contributed by atoms with Crippen molar-refractivity contribution in [2.75, 3.05) is 25.7 Å². The molecule has 2 aromatic rings. The van der Waals surface area contributed by atoms with Gasteiger partial charge in [0.2, 0.25) is 0 Å². The van der Waals surface area contributed by atoms with Crippen molar-refractivity contribution in [3.05, 3.63) is 52.0 Å². The van der Waals surface area contributed by atoms with E-state index in [0.29, 0.717) is 22.5 Å². The predicted molar refractivity (Wildman–Crippen MR) is 207 cm³/mol. The predicted octanol–water partition coefficient (Wildman–Crippen LogP) is 6.06. The van der Waals surface area contributed by atoms with Gasteiger partial charge in [-0.3, -0.25) is 0 Å². The third-order valence-corrected chi connectivity index (χ3v) is 10.7. The van der Waals surface area contributed by atoms with E-state index in [1.165, 1.54) is 14.2 Å². The molecule has 5 rings (SSSR count). The van der Waals surface area contributed by atoms with Gasteiger partial charge in [-0.05, 0) is 119 Å². The molecule has 0 aliphatic carbocycles. The molecule has 3 aliphatic rings. The van der Waals surface area contributed by atoms with Crippen LogP contribution in [0.15, 0.2) is 40.9 Å². The van der Waals surface area contributed by atoms with E-state index >= 15 is 0 Å². The Balaban J connectivity index is 0.000000271. The molecule has 51 heavy (non-hydrogen) atoms. The van der Waals surface area contributed by atoms with Gasteiger partial charge in [-0.25, -0.2) is 9.59 Å². The lowest BCUT2D eigenvalue weighted by atomic mass is 9.49. The van der Waals surface area contributed by atoms with Crippen LogP contribution in [0.3, 0.4) is 0 Å². The zero-order valence-corrected chi connectivity index (χ0v) is 33.4. The fraction of sp³-hybridized carbons (Fsp3) is 0.600. The van der Waals surface area contributed by atoms with Crippen LogP contribution in [0, 0.1) is 0 Å². The number of hydrogen-bond acceptors (Lipinski definition) is 12. The van der Waals surface area contributed by atoms with Gasteiger partial charge in [-0.15, -0.1) is 0 Å². The van der Waals surface area contributed by atoms with Crippen molar-refractivity contribution >= 4 is 65.8 Å². The monoisotopic (exact) mass is 776 g/mol. The van der Waals surface area contributed by atoms with Crippen LogP contribution in [0.2, 0.25) is 0 Å². The van der Waals surface area contributed by atoms with Crippen LogP contribution >= 0.6 is 15.9 Å². The lowest BCUT2D eigenvalue weighted by Crippen LogP contribution is -2.41. The molecule has 16 heteroatoms. The van der Waals surface area contributed by atoms with Crippen molar-refractivity contribution < 1.29 is 47.0 Å². The summed E-state index contributed by atoms with van der Waals surface area (Å²) in [5.74, 6) is -0.872. The number of ether oxygens (including phenoxy) is 2. The summed E-state index contributed by atoms with van der Waals surface area (Å²) in [5, 5.41) is 0. The number of nitrogen functional groups attached to an aromatic ring is 2. The van der Waals surface area contributed by atoms with Crippen LogP contribution in [0.4, 0.5) is 11.4 Å². The van der Waals surface area contributed by atoms with Crippen LogP contribution in [-0.2, 0) is 37.4 Å². The first-order chi connectivity index (χ1) is 22.7. The number of anilines is 2. The van der Waals surface area contributed by atoms with Gasteiger partial charge in [-0.2, -0.15) is 0 Å². The molecular weight excluding hydrogens is 721 g/mol. The zero-order chi connectivity index (χ0) is 38.3. The van der Waals surface area contributed by atoms with E-state index in [2.05, 4.69) is 25.4 Å². The molecule has 0 unspecified atom stereocenters. The third kappa shape index (κ3) is 9.70. The number of esters is 2. The fourth-order valence-corrected chi connectivity index (χ4v) is 5.21. The lowest BCUT2D eigenvalue weighted by Gasteiger charge is -2.32. The quantitative estimate of drug-likeness (QED) is 0.210. The molecule has 4 N–H and O–H groups in total. The van der Waals surface area contributed by atoms with Gasteiger partial charge >= 0.3 is 33.1 Å². The molecule has 0 bridgehead atoms. The first-order valence-electron chi connectivity index (χ1n) is 16.4. The molecule has 0 atom stereocenters. The molecule has 0 aromatic heterocycles. The van der Waals surface area contributed by atoms with E-state index in [9.17, 15) is 9.59 Å². The Labute approximate surface area is 313 Å². The molecule has 3 fully saturated rings. The van der Waals surface area contributed by atoms with E-state index in [4.69, 9.17) is 39.4 Å². The number of halogens is 1. The van der Waals surface area contributed by atoms with E-state index in [-0.39, 0.29) is 29.8 Å². The zero-order valence-electron chi connectivity index (χ0n) is 31.8. The highest BCUT2D eigenvalue weighted by atomic mass is 79.9. The number of rotatable bonds is 4. The molecule has 3 aliphatic heterocycles. The summed E-state index contributed by atoms with van der Waals surface area (Å²) in [6, 6.07) is 10.1. The summed E-state index contributed by atoms with van der Waals surface area (Å²) >= 11 is 3.24. The Bertz CT molecular complexity index is 1490. The van der Waals surface area contributed by atoms with Gasteiger partial charge in [0.05, 0.1) is 59.0 Å². The van der Waals surface area contributed by atoms with E-state index in [0.717, 1.165) is 9.94 Å². The van der Waals surface area contributed by atoms with Gasteiger partial charge < -0.3 is 48.9 Å². The maximum Gasteiger partial charge on any atom is 0.494 e. The van der Waals surface area contributed by atoms with Crippen LogP contribution in [0.5, 0.6) is 0 Å². The van der Waals surface area contributed by atoms with Crippen LogP contribution in [0.1, 0.15) is 111 Å². The Kier molecular flexibility index (Phi) is 13.8. The number of carbonyl (C=O) groups excluding carboxylic acids is 2. The van der Waals surface area contributed by atoms with E-state index < -0.39 is 44.3 Å². The molecule has 0 radical (unpaired) electrons. The summed E-state index contributed by atoms with van der Waals surface area (Å²) in [6.45, 7) is 24.1. The van der Waals surface area contributed by atoms with Crippen LogP contribution < -0.4 is 16.9 Å². The number of nitrogens with two attached hydrogens (primary N) is 2.